The van der Waals surface area contributed by atoms with Crippen LogP contribution in [-0.2, 0) is 0 Å². The van der Waals surface area contributed by atoms with Crippen molar-refractivity contribution in [3.8, 4) is 12.1 Å². The number of rotatable bonds is 1. The molecule has 0 heterocycles. The zero-order chi connectivity index (χ0) is 10.7. The van der Waals surface area contributed by atoms with Crippen LogP contribution in [0.1, 0.15) is 16.7 Å². The normalized spacial score (nSPS) is 8.79. The van der Waals surface area contributed by atoms with Crippen LogP contribution in [0.25, 0.3) is 0 Å². The molecule has 0 fully saturated rings. The SMILES string of the molecule is Cc1cc(C#N)c([N+](=O)[O-])c(C#N)c1. The van der Waals surface area contributed by atoms with Crippen LogP contribution in [0, 0.1) is 39.7 Å². The molecule has 0 aliphatic heterocycles. The van der Waals surface area contributed by atoms with Gasteiger partial charge in [-0.25, -0.2) is 0 Å². The van der Waals surface area contributed by atoms with Crippen LogP contribution >= 0.6 is 0 Å². The Morgan fingerprint density at radius 3 is 2.00 bits per heavy atom. The van der Waals surface area contributed by atoms with Crippen molar-refractivity contribution in [3.05, 3.63) is 38.9 Å². The molecule has 0 amide bonds. The molecule has 0 aromatic heterocycles. The van der Waals surface area contributed by atoms with Gasteiger partial charge in [0.2, 0.25) is 0 Å². The van der Waals surface area contributed by atoms with E-state index >= 15 is 0 Å². The third kappa shape index (κ3) is 1.52. The van der Waals surface area contributed by atoms with E-state index in [2.05, 4.69) is 0 Å². The number of aryl methyl sites for hydroxylation is 1. The van der Waals surface area contributed by atoms with Crippen LogP contribution in [0.15, 0.2) is 12.1 Å². The minimum atomic E-state index is -0.712. The fourth-order valence-electron chi connectivity index (χ4n) is 1.15. The second kappa shape index (κ2) is 3.55. The molecule has 1 aromatic carbocycles. The lowest BCUT2D eigenvalue weighted by molar-refractivity contribution is -0.385. The smallest absolute Gasteiger partial charge is 0.258 e. The summed E-state index contributed by atoms with van der Waals surface area (Å²) in [5.74, 6) is 0. The van der Waals surface area contributed by atoms with Crippen LogP contribution in [0.2, 0.25) is 0 Å². The van der Waals surface area contributed by atoms with Gasteiger partial charge in [-0.1, -0.05) is 0 Å². The second-order valence-electron chi connectivity index (χ2n) is 2.69. The van der Waals surface area contributed by atoms with Gasteiger partial charge in [0, 0.05) is 0 Å². The third-order valence-corrected chi connectivity index (χ3v) is 1.68. The van der Waals surface area contributed by atoms with E-state index < -0.39 is 10.6 Å². The molecule has 14 heavy (non-hydrogen) atoms. The Bertz CT molecular complexity index is 445. The predicted octanol–water partition coefficient (Wildman–Crippen LogP) is 1.65. The molecule has 0 spiro atoms. The molecule has 0 atom stereocenters. The summed E-state index contributed by atoms with van der Waals surface area (Å²) in [6, 6.07) is 6.18. The van der Waals surface area contributed by atoms with Gasteiger partial charge in [0.15, 0.2) is 0 Å². The lowest BCUT2D eigenvalue weighted by Crippen LogP contribution is -1.97. The second-order valence-corrected chi connectivity index (χ2v) is 2.69. The Kier molecular flexibility index (Phi) is 2.45. The van der Waals surface area contributed by atoms with Crippen molar-refractivity contribution in [1.82, 2.24) is 0 Å². The zero-order valence-electron chi connectivity index (χ0n) is 7.31. The van der Waals surface area contributed by atoms with E-state index in [-0.39, 0.29) is 11.1 Å². The molecule has 0 saturated carbocycles. The number of hydrogen-bond donors (Lipinski definition) is 0. The largest absolute Gasteiger partial charge is 0.304 e. The Balaban J connectivity index is 3.61. The Morgan fingerprint density at radius 2 is 1.71 bits per heavy atom. The van der Waals surface area contributed by atoms with Crippen molar-refractivity contribution in [1.29, 1.82) is 10.5 Å². The van der Waals surface area contributed by atoms with Crippen LogP contribution in [-0.4, -0.2) is 4.92 Å². The summed E-state index contributed by atoms with van der Waals surface area (Å²) in [7, 11) is 0. The highest BCUT2D eigenvalue weighted by Gasteiger charge is 2.20. The first-order chi connectivity index (χ1) is 6.60. The first-order valence-electron chi connectivity index (χ1n) is 3.69. The summed E-state index contributed by atoms with van der Waals surface area (Å²) < 4.78 is 0. The highest BCUT2D eigenvalue weighted by atomic mass is 16.6. The van der Waals surface area contributed by atoms with E-state index in [0.29, 0.717) is 5.56 Å². The average Bonchev–Trinajstić information content (AvgIpc) is 2.15. The summed E-state index contributed by atoms with van der Waals surface area (Å²) in [6.07, 6.45) is 0. The fraction of sp³-hybridized carbons (Fsp3) is 0.111. The highest BCUT2D eigenvalue weighted by Crippen LogP contribution is 2.24. The molecule has 0 N–H and O–H groups in total. The maximum Gasteiger partial charge on any atom is 0.304 e. The molecule has 1 aromatic rings. The van der Waals surface area contributed by atoms with Crippen molar-refractivity contribution in [2.45, 2.75) is 6.92 Å². The first kappa shape index (κ1) is 9.69. The van der Waals surface area contributed by atoms with Crippen molar-refractivity contribution < 1.29 is 4.92 Å². The number of nitrogens with zero attached hydrogens (tertiary/aromatic N) is 3. The summed E-state index contributed by atoms with van der Waals surface area (Å²) in [6.45, 7) is 1.67. The van der Waals surface area contributed by atoms with Crippen LogP contribution < -0.4 is 0 Å². The zero-order valence-corrected chi connectivity index (χ0v) is 7.31. The van der Waals surface area contributed by atoms with Gasteiger partial charge in [-0.15, -0.1) is 0 Å². The van der Waals surface area contributed by atoms with Gasteiger partial charge < -0.3 is 0 Å². The van der Waals surface area contributed by atoms with E-state index in [9.17, 15) is 10.1 Å². The fourth-order valence-corrected chi connectivity index (χ4v) is 1.15. The quantitative estimate of drug-likeness (QED) is 0.493. The summed E-state index contributed by atoms with van der Waals surface area (Å²) >= 11 is 0. The molecule has 5 nitrogen and oxygen atoms in total. The molecular formula is C9H5N3O2. The van der Waals surface area contributed by atoms with E-state index in [4.69, 9.17) is 10.5 Å². The van der Waals surface area contributed by atoms with Crippen LogP contribution in [0.3, 0.4) is 0 Å². The molecule has 0 bridgehead atoms. The molecule has 0 aliphatic carbocycles. The van der Waals surface area contributed by atoms with Crippen molar-refractivity contribution >= 4 is 5.69 Å². The summed E-state index contributed by atoms with van der Waals surface area (Å²) in [4.78, 5) is 9.86. The Labute approximate surface area is 80.0 Å². The minimum absolute atomic E-state index is 0.0773. The minimum Gasteiger partial charge on any atom is -0.258 e. The van der Waals surface area contributed by atoms with Crippen molar-refractivity contribution in [3.63, 3.8) is 0 Å². The summed E-state index contributed by atoms with van der Waals surface area (Å²) in [5, 5.41) is 27.9. The Hall–Kier alpha value is -2.40. The van der Waals surface area contributed by atoms with E-state index in [0.717, 1.165) is 0 Å². The van der Waals surface area contributed by atoms with E-state index in [1.807, 2.05) is 0 Å². The maximum absolute atomic E-state index is 10.6. The van der Waals surface area contributed by atoms with Crippen molar-refractivity contribution in [2.24, 2.45) is 0 Å². The van der Waals surface area contributed by atoms with Crippen LogP contribution in [0.5, 0.6) is 0 Å². The highest BCUT2D eigenvalue weighted by molar-refractivity contribution is 5.60. The lowest BCUT2D eigenvalue weighted by atomic mass is 10.1. The van der Waals surface area contributed by atoms with E-state index in [1.165, 1.54) is 12.1 Å². The number of benzene rings is 1. The average molecular weight is 187 g/mol. The monoisotopic (exact) mass is 187 g/mol. The topological polar surface area (TPSA) is 90.7 Å². The van der Waals surface area contributed by atoms with Gasteiger partial charge in [0.05, 0.1) is 4.92 Å². The van der Waals surface area contributed by atoms with E-state index in [1.54, 1.807) is 19.1 Å². The number of hydrogen-bond acceptors (Lipinski definition) is 4. The Morgan fingerprint density at radius 1 is 1.29 bits per heavy atom. The molecule has 0 unspecified atom stereocenters. The molecule has 5 heteroatoms. The molecule has 1 rings (SSSR count). The summed E-state index contributed by atoms with van der Waals surface area (Å²) in [5.41, 5.74) is 0.0856. The molecule has 68 valence electrons. The standard InChI is InChI=1S/C9H5N3O2/c1-6-2-7(4-10)9(12(13)14)8(3-6)5-11/h2-3H,1H3. The predicted molar refractivity (Wildman–Crippen MR) is 47.3 cm³/mol. The molecule has 0 saturated heterocycles. The number of nitro groups is 1. The first-order valence-corrected chi connectivity index (χ1v) is 3.69. The lowest BCUT2D eigenvalue weighted by Gasteiger charge is -1.98. The number of nitriles is 2. The van der Waals surface area contributed by atoms with Gasteiger partial charge in [-0.2, -0.15) is 10.5 Å². The number of nitro benzene ring substituents is 1. The molecule has 0 aliphatic rings. The molecule has 0 radical (unpaired) electrons. The maximum atomic E-state index is 10.6. The van der Waals surface area contributed by atoms with Gasteiger partial charge in [-0.05, 0) is 24.6 Å². The van der Waals surface area contributed by atoms with Crippen molar-refractivity contribution in [2.75, 3.05) is 0 Å². The van der Waals surface area contributed by atoms with Gasteiger partial charge in [-0.3, -0.25) is 10.1 Å². The van der Waals surface area contributed by atoms with Crippen LogP contribution in [0.4, 0.5) is 5.69 Å². The van der Waals surface area contributed by atoms with Gasteiger partial charge >= 0.3 is 5.69 Å². The van der Waals surface area contributed by atoms with Gasteiger partial charge in [0.25, 0.3) is 0 Å². The third-order valence-electron chi connectivity index (χ3n) is 1.68. The molecular weight excluding hydrogens is 182 g/mol. The van der Waals surface area contributed by atoms with Gasteiger partial charge in [0.1, 0.15) is 23.3 Å².